The fourth-order valence-electron chi connectivity index (χ4n) is 1.69. The molecule has 1 fully saturated rings. The van der Waals surface area contributed by atoms with Crippen molar-refractivity contribution < 1.29 is 17.9 Å². The van der Waals surface area contributed by atoms with Crippen LogP contribution in [-0.2, 0) is 21.8 Å². The second kappa shape index (κ2) is 4.74. The maximum absolute atomic E-state index is 11.7. The molecular weight excluding hydrogens is 256 g/mol. The number of hydrogen-bond acceptors (Lipinski definition) is 4. The molecule has 0 bridgehead atoms. The molecule has 0 amide bonds. The van der Waals surface area contributed by atoms with E-state index in [1.165, 1.54) is 29.7 Å². The van der Waals surface area contributed by atoms with Gasteiger partial charge in [0.25, 0.3) is 0 Å². The molecule has 0 unspecified atom stereocenters. The van der Waals surface area contributed by atoms with Gasteiger partial charge in [0.2, 0.25) is 10.0 Å². The molecule has 2 rings (SSSR count). The summed E-state index contributed by atoms with van der Waals surface area (Å²) >= 11 is 0. The van der Waals surface area contributed by atoms with Crippen molar-refractivity contribution in [3.63, 3.8) is 0 Å². The summed E-state index contributed by atoms with van der Waals surface area (Å²) in [4.78, 5) is 11.6. The minimum Gasteiger partial charge on any atom is -0.461 e. The molecule has 0 radical (unpaired) electrons. The normalized spacial score (nSPS) is 15.7. The molecule has 0 spiro atoms. The number of nitrogens with two attached hydrogens (primary N) is 1. The molecule has 7 heteroatoms. The Bertz CT molecular complexity index is 558. The fraction of sp³-hybridized carbons (Fsp3) is 0.545. The standard InChI is InChI=1S/C11H16N2O4S/c1-13-7-9(18(12,15)16)6-10(13)11(14)17-5-4-8-2-3-8/h6-8H,2-5H2,1H3,(H2,12,15,16). The minimum atomic E-state index is -3.79. The number of rotatable bonds is 5. The van der Waals surface area contributed by atoms with Crippen LogP contribution in [0.1, 0.15) is 29.8 Å². The smallest absolute Gasteiger partial charge is 0.354 e. The summed E-state index contributed by atoms with van der Waals surface area (Å²) in [6, 6.07) is 1.23. The quantitative estimate of drug-likeness (QED) is 0.796. The number of ether oxygens (including phenoxy) is 1. The Hall–Kier alpha value is -1.34. The zero-order valence-electron chi connectivity index (χ0n) is 10.1. The topological polar surface area (TPSA) is 91.4 Å². The monoisotopic (exact) mass is 272 g/mol. The Morgan fingerprint density at radius 1 is 1.56 bits per heavy atom. The first-order valence-electron chi connectivity index (χ1n) is 5.74. The highest BCUT2D eigenvalue weighted by atomic mass is 32.2. The molecule has 1 saturated carbocycles. The van der Waals surface area contributed by atoms with Crippen molar-refractivity contribution in [2.75, 3.05) is 6.61 Å². The number of esters is 1. The number of sulfonamides is 1. The number of primary sulfonamides is 1. The van der Waals surface area contributed by atoms with E-state index >= 15 is 0 Å². The van der Waals surface area contributed by atoms with Crippen LogP contribution in [0.2, 0.25) is 0 Å². The summed E-state index contributed by atoms with van der Waals surface area (Å²) in [5, 5.41) is 4.99. The number of carbonyl (C=O) groups excluding carboxylic acids is 1. The molecule has 0 aliphatic heterocycles. The number of hydrogen-bond donors (Lipinski definition) is 1. The van der Waals surface area contributed by atoms with Gasteiger partial charge in [0, 0.05) is 13.2 Å². The maximum atomic E-state index is 11.7. The SMILES string of the molecule is Cn1cc(S(N)(=O)=O)cc1C(=O)OCCC1CC1. The lowest BCUT2D eigenvalue weighted by molar-refractivity contribution is 0.0484. The number of aromatic nitrogens is 1. The van der Waals surface area contributed by atoms with Crippen LogP contribution < -0.4 is 5.14 Å². The van der Waals surface area contributed by atoms with Crippen LogP contribution in [0.5, 0.6) is 0 Å². The van der Waals surface area contributed by atoms with E-state index in [9.17, 15) is 13.2 Å². The van der Waals surface area contributed by atoms with E-state index in [1.54, 1.807) is 7.05 Å². The first-order chi connectivity index (χ1) is 8.38. The Labute approximate surface area is 106 Å². The summed E-state index contributed by atoms with van der Waals surface area (Å²) < 4.78 is 28.8. The minimum absolute atomic E-state index is 0.0841. The largest absolute Gasteiger partial charge is 0.461 e. The molecule has 1 aromatic heterocycles. The summed E-state index contributed by atoms with van der Waals surface area (Å²) in [5.41, 5.74) is 0.190. The van der Waals surface area contributed by atoms with Gasteiger partial charge in [-0.25, -0.2) is 18.4 Å². The van der Waals surface area contributed by atoms with Crippen molar-refractivity contribution in [1.29, 1.82) is 0 Å². The molecule has 1 aliphatic rings. The summed E-state index contributed by atoms with van der Waals surface area (Å²) in [7, 11) is -2.22. The van der Waals surface area contributed by atoms with Gasteiger partial charge in [0.05, 0.1) is 6.61 Å². The van der Waals surface area contributed by atoms with Crippen LogP contribution in [0.3, 0.4) is 0 Å². The first kappa shape index (κ1) is 13.1. The molecular formula is C11H16N2O4S. The van der Waals surface area contributed by atoms with Gasteiger partial charge in [-0.05, 0) is 18.4 Å². The van der Waals surface area contributed by atoms with Crippen molar-refractivity contribution >= 4 is 16.0 Å². The second-order valence-electron chi connectivity index (χ2n) is 4.58. The second-order valence-corrected chi connectivity index (χ2v) is 6.15. The average Bonchev–Trinajstić information content (AvgIpc) is 2.98. The fourth-order valence-corrected chi connectivity index (χ4v) is 2.27. The van der Waals surface area contributed by atoms with E-state index in [4.69, 9.17) is 9.88 Å². The van der Waals surface area contributed by atoms with Gasteiger partial charge in [-0.2, -0.15) is 0 Å². The summed E-state index contributed by atoms with van der Waals surface area (Å²) in [6.45, 7) is 0.374. The van der Waals surface area contributed by atoms with Gasteiger partial charge in [-0.3, -0.25) is 0 Å². The first-order valence-corrected chi connectivity index (χ1v) is 7.29. The summed E-state index contributed by atoms with van der Waals surface area (Å²) in [5.74, 6) is 0.166. The lowest BCUT2D eigenvalue weighted by atomic mass is 10.3. The van der Waals surface area contributed by atoms with Crippen LogP contribution in [0.4, 0.5) is 0 Å². The van der Waals surface area contributed by atoms with Crippen molar-refractivity contribution in [2.45, 2.75) is 24.2 Å². The van der Waals surface area contributed by atoms with Crippen LogP contribution in [0, 0.1) is 5.92 Å². The average molecular weight is 272 g/mol. The van der Waals surface area contributed by atoms with Crippen molar-refractivity contribution in [3.05, 3.63) is 18.0 Å². The van der Waals surface area contributed by atoms with Crippen LogP contribution in [-0.4, -0.2) is 25.6 Å². The Balaban J connectivity index is 2.02. The van der Waals surface area contributed by atoms with E-state index in [0.717, 1.165) is 6.42 Å². The zero-order valence-corrected chi connectivity index (χ0v) is 10.9. The van der Waals surface area contributed by atoms with Gasteiger partial charge in [-0.1, -0.05) is 12.8 Å². The van der Waals surface area contributed by atoms with Crippen LogP contribution in [0.25, 0.3) is 0 Å². The molecule has 1 aliphatic carbocycles. The van der Waals surface area contributed by atoms with E-state index in [0.29, 0.717) is 12.5 Å². The molecule has 0 aromatic carbocycles. The molecule has 18 heavy (non-hydrogen) atoms. The summed E-state index contributed by atoms with van der Waals surface area (Å²) in [6.07, 6.45) is 4.58. The third-order valence-electron chi connectivity index (χ3n) is 2.97. The van der Waals surface area contributed by atoms with E-state index < -0.39 is 16.0 Å². The molecule has 0 saturated heterocycles. The number of aryl methyl sites for hydroxylation is 1. The molecule has 0 atom stereocenters. The van der Waals surface area contributed by atoms with Crippen LogP contribution >= 0.6 is 0 Å². The van der Waals surface area contributed by atoms with Crippen molar-refractivity contribution in [1.82, 2.24) is 4.57 Å². The van der Waals surface area contributed by atoms with Crippen molar-refractivity contribution in [3.8, 4) is 0 Å². The molecule has 100 valence electrons. The van der Waals surface area contributed by atoms with Gasteiger partial charge >= 0.3 is 5.97 Å². The van der Waals surface area contributed by atoms with Gasteiger partial charge in [0.15, 0.2) is 0 Å². The molecule has 1 heterocycles. The van der Waals surface area contributed by atoms with Crippen LogP contribution in [0.15, 0.2) is 17.2 Å². The lowest BCUT2D eigenvalue weighted by Gasteiger charge is -2.04. The molecule has 1 aromatic rings. The highest BCUT2D eigenvalue weighted by Gasteiger charge is 2.22. The highest BCUT2D eigenvalue weighted by molar-refractivity contribution is 7.89. The Kier molecular flexibility index (Phi) is 3.45. The number of nitrogens with zero attached hydrogens (tertiary/aromatic N) is 1. The van der Waals surface area contributed by atoms with Crippen molar-refractivity contribution in [2.24, 2.45) is 18.1 Å². The maximum Gasteiger partial charge on any atom is 0.354 e. The highest BCUT2D eigenvalue weighted by Crippen LogP contribution is 2.32. The Morgan fingerprint density at radius 2 is 2.22 bits per heavy atom. The third kappa shape index (κ3) is 3.11. The predicted octanol–water partition coefficient (Wildman–Crippen LogP) is 0.629. The Morgan fingerprint density at radius 3 is 2.72 bits per heavy atom. The van der Waals surface area contributed by atoms with Gasteiger partial charge in [0.1, 0.15) is 10.6 Å². The van der Waals surface area contributed by atoms with Gasteiger partial charge < -0.3 is 9.30 Å². The molecule has 6 nitrogen and oxygen atoms in total. The number of carbonyl (C=O) groups is 1. The van der Waals surface area contributed by atoms with Gasteiger partial charge in [-0.15, -0.1) is 0 Å². The third-order valence-corrected chi connectivity index (χ3v) is 3.85. The lowest BCUT2D eigenvalue weighted by Crippen LogP contribution is -2.11. The van der Waals surface area contributed by atoms with E-state index in [-0.39, 0.29) is 10.6 Å². The van der Waals surface area contributed by atoms with E-state index in [2.05, 4.69) is 0 Å². The van der Waals surface area contributed by atoms with E-state index in [1.807, 2.05) is 0 Å². The molecule has 2 N–H and O–H groups in total. The predicted molar refractivity (Wildman–Crippen MR) is 64.4 cm³/mol. The zero-order chi connectivity index (χ0) is 13.3.